The van der Waals surface area contributed by atoms with Crippen LogP contribution in [0.4, 0.5) is 5.69 Å². The number of sulfone groups is 1. The number of nitrogens with two attached hydrogens (primary N) is 1. The van der Waals surface area contributed by atoms with Crippen LogP contribution < -0.4 is 10.5 Å². The minimum atomic E-state index is -4.10. The Kier molecular flexibility index (Phi) is 5.49. The summed E-state index contributed by atoms with van der Waals surface area (Å²) in [6, 6.07) is 7.41. The van der Waals surface area contributed by atoms with Gasteiger partial charge in [-0.25, -0.2) is 26.8 Å². The number of carbonyl (C=O) groups excluding carboxylic acids is 2. The van der Waals surface area contributed by atoms with Gasteiger partial charge in [-0.3, -0.25) is 4.79 Å². The Balaban J connectivity index is 1.92. The highest BCUT2D eigenvalue weighted by molar-refractivity contribution is 7.90. The Labute approximate surface area is 148 Å². The molecular weight excluding hydrogens is 388 g/mol. The van der Waals surface area contributed by atoms with Gasteiger partial charge in [0.05, 0.1) is 4.90 Å². The Hall–Kier alpha value is -2.70. The summed E-state index contributed by atoms with van der Waals surface area (Å²) in [5.41, 5.74) is 0.299. The number of furan rings is 1. The second kappa shape index (κ2) is 7.27. The van der Waals surface area contributed by atoms with Gasteiger partial charge < -0.3 is 14.5 Å². The molecule has 0 aliphatic carbocycles. The number of anilines is 1. The van der Waals surface area contributed by atoms with Crippen LogP contribution in [0.15, 0.2) is 50.8 Å². The van der Waals surface area contributed by atoms with E-state index >= 15 is 0 Å². The van der Waals surface area contributed by atoms with E-state index in [1.807, 2.05) is 0 Å². The number of amides is 1. The van der Waals surface area contributed by atoms with Gasteiger partial charge in [0.25, 0.3) is 15.9 Å². The highest BCUT2D eigenvalue weighted by Gasteiger charge is 2.19. The molecule has 0 saturated carbocycles. The lowest BCUT2D eigenvalue weighted by molar-refractivity contribution is -0.119. The number of primary sulfonamides is 1. The van der Waals surface area contributed by atoms with Gasteiger partial charge in [-0.1, -0.05) is 0 Å². The molecule has 3 N–H and O–H groups in total. The van der Waals surface area contributed by atoms with Gasteiger partial charge in [-0.05, 0) is 36.4 Å². The van der Waals surface area contributed by atoms with Crippen molar-refractivity contribution in [2.24, 2.45) is 5.14 Å². The lowest BCUT2D eigenvalue weighted by Crippen LogP contribution is -2.20. The van der Waals surface area contributed by atoms with Gasteiger partial charge in [-0.2, -0.15) is 0 Å². The number of hydrogen-bond donors (Lipinski definition) is 2. The van der Waals surface area contributed by atoms with Crippen LogP contribution in [0.1, 0.15) is 10.6 Å². The molecule has 2 aromatic rings. The maximum atomic E-state index is 11.7. The summed E-state index contributed by atoms with van der Waals surface area (Å²) in [6.07, 6.45) is 1.05. The first-order chi connectivity index (χ1) is 12.0. The molecular formula is C14H14N2O8S2. The number of hydrogen-bond acceptors (Lipinski definition) is 8. The average Bonchev–Trinajstić information content (AvgIpc) is 3.02. The van der Waals surface area contributed by atoms with Gasteiger partial charge in [-0.15, -0.1) is 0 Å². The van der Waals surface area contributed by atoms with Crippen LogP contribution in [0, 0.1) is 0 Å². The topological polar surface area (TPSA) is 163 Å². The zero-order chi connectivity index (χ0) is 19.5. The van der Waals surface area contributed by atoms with Gasteiger partial charge in [0.15, 0.2) is 16.4 Å². The molecule has 2 rings (SSSR count). The van der Waals surface area contributed by atoms with E-state index in [0.29, 0.717) is 5.69 Å². The van der Waals surface area contributed by atoms with Gasteiger partial charge in [0, 0.05) is 11.9 Å². The number of nitrogens with one attached hydrogen (secondary N) is 1. The quantitative estimate of drug-likeness (QED) is 0.644. The van der Waals surface area contributed by atoms with Crippen molar-refractivity contribution in [3.63, 3.8) is 0 Å². The van der Waals surface area contributed by atoms with Crippen molar-refractivity contribution in [2.75, 3.05) is 18.2 Å². The molecule has 1 aromatic heterocycles. The third-order valence-corrected chi connectivity index (χ3v) is 4.87. The Morgan fingerprint density at radius 1 is 1.08 bits per heavy atom. The molecule has 26 heavy (non-hydrogen) atoms. The summed E-state index contributed by atoms with van der Waals surface area (Å²) >= 11 is 0. The van der Waals surface area contributed by atoms with Crippen LogP contribution in [0.5, 0.6) is 0 Å². The maximum Gasteiger partial charge on any atom is 0.374 e. The predicted octanol–water partition coefficient (Wildman–Crippen LogP) is 0.126. The molecule has 1 aromatic carbocycles. The SMILES string of the molecule is CS(=O)(=O)c1ccc(NC(=O)COC(=O)c2ccc(S(N)(=O)=O)o2)cc1. The van der Waals surface area contributed by atoms with E-state index in [2.05, 4.69) is 10.1 Å². The molecule has 0 atom stereocenters. The highest BCUT2D eigenvalue weighted by atomic mass is 32.2. The predicted molar refractivity (Wildman–Crippen MR) is 88.5 cm³/mol. The molecule has 0 fully saturated rings. The summed E-state index contributed by atoms with van der Waals surface area (Å²) in [7, 11) is -7.45. The normalized spacial score (nSPS) is 11.8. The molecule has 0 aliphatic rings. The van der Waals surface area contributed by atoms with Crippen molar-refractivity contribution in [1.29, 1.82) is 0 Å². The Morgan fingerprint density at radius 2 is 1.69 bits per heavy atom. The molecule has 1 heterocycles. The van der Waals surface area contributed by atoms with E-state index in [4.69, 9.17) is 9.56 Å². The molecule has 0 radical (unpaired) electrons. The van der Waals surface area contributed by atoms with E-state index in [-0.39, 0.29) is 4.90 Å². The lowest BCUT2D eigenvalue weighted by atomic mass is 10.3. The summed E-state index contributed by atoms with van der Waals surface area (Å²) in [4.78, 5) is 23.5. The van der Waals surface area contributed by atoms with Crippen molar-refractivity contribution in [1.82, 2.24) is 0 Å². The van der Waals surface area contributed by atoms with E-state index in [1.54, 1.807) is 0 Å². The van der Waals surface area contributed by atoms with Crippen molar-refractivity contribution in [2.45, 2.75) is 9.99 Å². The second-order valence-corrected chi connectivity index (χ2v) is 8.59. The van der Waals surface area contributed by atoms with Gasteiger partial charge in [0.2, 0.25) is 10.9 Å². The number of benzene rings is 1. The van der Waals surface area contributed by atoms with Crippen LogP contribution in [-0.4, -0.2) is 41.6 Å². The molecule has 0 aliphatic heterocycles. The highest BCUT2D eigenvalue weighted by Crippen LogP contribution is 2.15. The zero-order valence-corrected chi connectivity index (χ0v) is 15.0. The lowest BCUT2D eigenvalue weighted by Gasteiger charge is -2.06. The fourth-order valence-electron chi connectivity index (χ4n) is 1.77. The minimum Gasteiger partial charge on any atom is -0.450 e. The van der Waals surface area contributed by atoms with Crippen LogP contribution in [0.2, 0.25) is 0 Å². The molecule has 12 heteroatoms. The molecule has 0 spiro atoms. The third-order valence-electron chi connectivity index (χ3n) is 2.96. The van der Waals surface area contributed by atoms with Crippen molar-refractivity contribution < 1.29 is 35.6 Å². The summed E-state index contributed by atoms with van der Waals surface area (Å²) in [5, 5.41) is 6.63. The standard InChI is InChI=1S/C14H14N2O8S2/c1-25(19,20)10-4-2-9(3-5-10)16-12(17)8-23-14(18)11-6-7-13(24-11)26(15,21)22/h2-7H,8H2,1H3,(H,16,17)(H2,15,21,22). The molecule has 0 saturated heterocycles. The fourth-order valence-corrected chi connectivity index (χ4v) is 2.86. The van der Waals surface area contributed by atoms with Crippen LogP contribution in [-0.2, 0) is 29.4 Å². The van der Waals surface area contributed by atoms with E-state index in [9.17, 15) is 26.4 Å². The van der Waals surface area contributed by atoms with Crippen molar-refractivity contribution in [3.05, 3.63) is 42.2 Å². The maximum absolute atomic E-state index is 11.7. The fraction of sp³-hybridized carbons (Fsp3) is 0.143. The largest absolute Gasteiger partial charge is 0.450 e. The molecule has 0 unspecified atom stereocenters. The van der Waals surface area contributed by atoms with Crippen molar-refractivity contribution >= 4 is 37.4 Å². The Morgan fingerprint density at radius 3 is 2.19 bits per heavy atom. The van der Waals surface area contributed by atoms with Crippen LogP contribution in [0.25, 0.3) is 0 Å². The van der Waals surface area contributed by atoms with Crippen LogP contribution in [0.3, 0.4) is 0 Å². The van der Waals surface area contributed by atoms with Gasteiger partial charge >= 0.3 is 5.97 Å². The molecule has 0 bridgehead atoms. The smallest absolute Gasteiger partial charge is 0.374 e. The van der Waals surface area contributed by atoms with Gasteiger partial charge in [0.1, 0.15) is 0 Å². The van der Waals surface area contributed by atoms with E-state index in [1.165, 1.54) is 24.3 Å². The number of carbonyl (C=O) groups is 2. The summed E-state index contributed by atoms with van der Waals surface area (Å²) < 4.78 is 54.2. The number of ether oxygens (including phenoxy) is 1. The number of sulfonamides is 1. The first kappa shape index (κ1) is 19.6. The monoisotopic (exact) mass is 402 g/mol. The number of esters is 1. The zero-order valence-electron chi connectivity index (χ0n) is 13.3. The third kappa shape index (κ3) is 5.15. The number of rotatable bonds is 6. The summed E-state index contributed by atoms with van der Waals surface area (Å²) in [6.45, 7) is -0.669. The van der Waals surface area contributed by atoms with E-state index in [0.717, 1.165) is 18.4 Å². The molecule has 140 valence electrons. The minimum absolute atomic E-state index is 0.0883. The first-order valence-corrected chi connectivity index (χ1v) is 10.3. The first-order valence-electron chi connectivity index (χ1n) is 6.86. The molecule has 10 nitrogen and oxygen atoms in total. The van der Waals surface area contributed by atoms with Crippen molar-refractivity contribution in [3.8, 4) is 0 Å². The molecule has 1 amide bonds. The Bertz CT molecular complexity index is 1040. The average molecular weight is 402 g/mol. The van der Waals surface area contributed by atoms with Crippen LogP contribution >= 0.6 is 0 Å². The van der Waals surface area contributed by atoms with E-state index < -0.39 is 49.2 Å². The summed E-state index contributed by atoms with van der Waals surface area (Å²) in [5.74, 6) is -2.18. The second-order valence-electron chi connectivity index (χ2n) is 5.08.